The predicted molar refractivity (Wildman–Crippen MR) is 50.0 cm³/mol. The van der Waals surface area contributed by atoms with Crippen LogP contribution in [0.15, 0.2) is 0 Å². The number of aliphatic hydroxyl groups is 1. The van der Waals surface area contributed by atoms with E-state index in [1.165, 1.54) is 0 Å². The highest BCUT2D eigenvalue weighted by Gasteiger charge is 2.22. The Morgan fingerprint density at radius 1 is 1.46 bits per heavy atom. The number of hydrogen-bond acceptors (Lipinski definition) is 3. The molecule has 76 valence electrons. The monoisotopic (exact) mass is 186 g/mol. The standard InChI is InChI=1S/C9H18N2O2/c10-5-9(13)11-6-7-3-1-2-4-8(7)12/h7-8,12H,1-6,10H2,(H,11,13). The highest BCUT2D eigenvalue weighted by atomic mass is 16.3. The van der Waals surface area contributed by atoms with Crippen LogP contribution in [-0.2, 0) is 4.79 Å². The van der Waals surface area contributed by atoms with Crippen molar-refractivity contribution in [2.45, 2.75) is 31.8 Å². The molecule has 0 aliphatic heterocycles. The van der Waals surface area contributed by atoms with Gasteiger partial charge in [0.05, 0.1) is 12.6 Å². The van der Waals surface area contributed by atoms with E-state index in [0.29, 0.717) is 6.54 Å². The van der Waals surface area contributed by atoms with E-state index in [1.54, 1.807) is 0 Å². The molecular weight excluding hydrogens is 168 g/mol. The fourth-order valence-electron chi connectivity index (χ4n) is 1.74. The molecule has 0 aromatic heterocycles. The van der Waals surface area contributed by atoms with Crippen molar-refractivity contribution in [1.82, 2.24) is 5.32 Å². The van der Waals surface area contributed by atoms with Gasteiger partial charge in [0.25, 0.3) is 0 Å². The van der Waals surface area contributed by atoms with Crippen LogP contribution in [0.5, 0.6) is 0 Å². The van der Waals surface area contributed by atoms with Crippen molar-refractivity contribution in [3.63, 3.8) is 0 Å². The van der Waals surface area contributed by atoms with Gasteiger partial charge in [0, 0.05) is 12.5 Å². The molecule has 4 N–H and O–H groups in total. The van der Waals surface area contributed by atoms with Crippen LogP contribution in [0.2, 0.25) is 0 Å². The quantitative estimate of drug-likeness (QED) is 0.562. The normalized spacial score (nSPS) is 28.5. The second-order valence-corrected chi connectivity index (χ2v) is 3.62. The Bertz CT molecular complexity index is 173. The minimum atomic E-state index is -0.244. The first kappa shape index (κ1) is 10.5. The average molecular weight is 186 g/mol. The molecule has 13 heavy (non-hydrogen) atoms. The van der Waals surface area contributed by atoms with Gasteiger partial charge >= 0.3 is 0 Å². The van der Waals surface area contributed by atoms with Crippen LogP contribution in [0.25, 0.3) is 0 Å². The van der Waals surface area contributed by atoms with Gasteiger partial charge in [0.15, 0.2) is 0 Å². The maximum Gasteiger partial charge on any atom is 0.233 e. The van der Waals surface area contributed by atoms with Gasteiger partial charge in [-0.25, -0.2) is 0 Å². The molecule has 1 saturated carbocycles. The van der Waals surface area contributed by atoms with Crippen LogP contribution in [-0.4, -0.2) is 30.2 Å². The number of nitrogens with one attached hydrogen (secondary N) is 1. The Morgan fingerprint density at radius 2 is 2.15 bits per heavy atom. The molecule has 2 atom stereocenters. The van der Waals surface area contributed by atoms with Crippen molar-refractivity contribution in [3.05, 3.63) is 0 Å². The van der Waals surface area contributed by atoms with Crippen LogP contribution >= 0.6 is 0 Å². The number of hydrogen-bond donors (Lipinski definition) is 3. The third-order valence-corrected chi connectivity index (χ3v) is 2.62. The molecule has 1 amide bonds. The highest BCUT2D eigenvalue weighted by Crippen LogP contribution is 2.23. The van der Waals surface area contributed by atoms with E-state index >= 15 is 0 Å². The second kappa shape index (κ2) is 5.19. The number of nitrogens with two attached hydrogens (primary N) is 1. The third kappa shape index (κ3) is 3.32. The maximum atomic E-state index is 10.8. The second-order valence-electron chi connectivity index (χ2n) is 3.62. The van der Waals surface area contributed by atoms with Gasteiger partial charge in [-0.1, -0.05) is 12.8 Å². The van der Waals surface area contributed by atoms with Gasteiger partial charge < -0.3 is 16.2 Å². The Balaban J connectivity index is 2.22. The zero-order valence-corrected chi connectivity index (χ0v) is 7.83. The molecule has 0 aromatic rings. The lowest BCUT2D eigenvalue weighted by atomic mass is 9.86. The lowest BCUT2D eigenvalue weighted by Gasteiger charge is -2.27. The fraction of sp³-hybridized carbons (Fsp3) is 0.889. The minimum Gasteiger partial charge on any atom is -0.393 e. The van der Waals surface area contributed by atoms with Crippen molar-refractivity contribution < 1.29 is 9.90 Å². The van der Waals surface area contributed by atoms with E-state index < -0.39 is 0 Å². The van der Waals surface area contributed by atoms with Crippen LogP contribution in [0.1, 0.15) is 25.7 Å². The van der Waals surface area contributed by atoms with Gasteiger partial charge in [-0.05, 0) is 12.8 Å². The molecule has 1 rings (SSSR count). The highest BCUT2D eigenvalue weighted by molar-refractivity contribution is 5.77. The Labute approximate surface area is 78.5 Å². The molecule has 1 fully saturated rings. The lowest BCUT2D eigenvalue weighted by molar-refractivity contribution is -0.120. The zero-order valence-electron chi connectivity index (χ0n) is 7.83. The van der Waals surface area contributed by atoms with Crippen LogP contribution in [0.3, 0.4) is 0 Å². The molecule has 0 heterocycles. The molecule has 2 unspecified atom stereocenters. The van der Waals surface area contributed by atoms with Crippen molar-refractivity contribution >= 4 is 5.91 Å². The van der Waals surface area contributed by atoms with Crippen LogP contribution in [0, 0.1) is 5.92 Å². The summed E-state index contributed by atoms with van der Waals surface area (Å²) < 4.78 is 0. The Kier molecular flexibility index (Phi) is 4.18. The van der Waals surface area contributed by atoms with E-state index in [-0.39, 0.29) is 24.5 Å². The number of carbonyl (C=O) groups excluding carboxylic acids is 1. The summed E-state index contributed by atoms with van der Waals surface area (Å²) in [6, 6.07) is 0. The summed E-state index contributed by atoms with van der Waals surface area (Å²) in [5.74, 6) is 0.0852. The Hall–Kier alpha value is -0.610. The third-order valence-electron chi connectivity index (χ3n) is 2.62. The summed E-state index contributed by atoms with van der Waals surface area (Å²) in [6.45, 7) is 0.597. The molecule has 1 aliphatic carbocycles. The van der Waals surface area contributed by atoms with E-state index in [9.17, 15) is 9.90 Å². The van der Waals surface area contributed by atoms with Crippen molar-refractivity contribution in [2.24, 2.45) is 11.7 Å². The summed E-state index contributed by atoms with van der Waals surface area (Å²) in [7, 11) is 0. The summed E-state index contributed by atoms with van der Waals surface area (Å²) in [6.07, 6.45) is 3.88. The zero-order chi connectivity index (χ0) is 9.68. The largest absolute Gasteiger partial charge is 0.393 e. The number of amides is 1. The molecule has 4 nitrogen and oxygen atoms in total. The lowest BCUT2D eigenvalue weighted by Crippen LogP contribution is -2.39. The summed E-state index contributed by atoms with van der Waals surface area (Å²) in [5.41, 5.74) is 5.15. The smallest absolute Gasteiger partial charge is 0.233 e. The first-order chi connectivity index (χ1) is 6.24. The van der Waals surface area contributed by atoms with Crippen LogP contribution < -0.4 is 11.1 Å². The van der Waals surface area contributed by atoms with E-state index in [1.807, 2.05) is 0 Å². The van der Waals surface area contributed by atoms with E-state index in [4.69, 9.17) is 5.73 Å². The minimum absolute atomic E-state index is 0.0306. The van der Waals surface area contributed by atoms with Crippen LogP contribution in [0.4, 0.5) is 0 Å². The number of carbonyl (C=O) groups is 1. The fourth-order valence-corrected chi connectivity index (χ4v) is 1.74. The SMILES string of the molecule is NCC(=O)NCC1CCCCC1O. The molecule has 0 aromatic carbocycles. The molecule has 4 heteroatoms. The van der Waals surface area contributed by atoms with E-state index in [2.05, 4.69) is 5.32 Å². The summed E-state index contributed by atoms with van der Waals surface area (Å²) in [5, 5.41) is 12.3. The molecule has 0 bridgehead atoms. The first-order valence-electron chi connectivity index (χ1n) is 4.89. The average Bonchev–Trinajstić information content (AvgIpc) is 2.16. The number of rotatable bonds is 3. The summed E-state index contributed by atoms with van der Waals surface area (Å²) >= 11 is 0. The topological polar surface area (TPSA) is 75.4 Å². The Morgan fingerprint density at radius 3 is 2.77 bits per heavy atom. The maximum absolute atomic E-state index is 10.8. The number of aliphatic hydroxyl groups excluding tert-OH is 1. The van der Waals surface area contributed by atoms with E-state index in [0.717, 1.165) is 25.7 Å². The van der Waals surface area contributed by atoms with Gasteiger partial charge in [0.1, 0.15) is 0 Å². The molecule has 0 saturated heterocycles. The van der Waals surface area contributed by atoms with Gasteiger partial charge in [-0.2, -0.15) is 0 Å². The summed E-state index contributed by atoms with van der Waals surface area (Å²) in [4.78, 5) is 10.8. The van der Waals surface area contributed by atoms with Crippen molar-refractivity contribution in [2.75, 3.05) is 13.1 Å². The van der Waals surface area contributed by atoms with Gasteiger partial charge in [-0.3, -0.25) is 4.79 Å². The van der Waals surface area contributed by atoms with Crippen molar-refractivity contribution in [1.29, 1.82) is 0 Å². The van der Waals surface area contributed by atoms with Crippen molar-refractivity contribution in [3.8, 4) is 0 Å². The molecule has 0 radical (unpaired) electrons. The predicted octanol–water partition coefficient (Wildman–Crippen LogP) is -0.388. The molecular formula is C9H18N2O2. The van der Waals surface area contributed by atoms with Gasteiger partial charge in [0.2, 0.25) is 5.91 Å². The molecule has 0 spiro atoms. The first-order valence-corrected chi connectivity index (χ1v) is 4.89. The molecule has 1 aliphatic rings. The van der Waals surface area contributed by atoms with Gasteiger partial charge in [-0.15, -0.1) is 0 Å².